The van der Waals surface area contributed by atoms with Gasteiger partial charge in [-0.2, -0.15) is 0 Å². The summed E-state index contributed by atoms with van der Waals surface area (Å²) < 4.78 is 23.6. The van der Waals surface area contributed by atoms with Crippen molar-refractivity contribution in [2.24, 2.45) is 5.92 Å². The van der Waals surface area contributed by atoms with Crippen LogP contribution in [0.3, 0.4) is 0 Å². The van der Waals surface area contributed by atoms with E-state index in [9.17, 15) is 8.42 Å². The largest absolute Gasteiger partial charge is 0.213 e. The van der Waals surface area contributed by atoms with Crippen LogP contribution in [0.1, 0.15) is 12.8 Å². The van der Waals surface area contributed by atoms with Crippen LogP contribution in [0.4, 0.5) is 0 Å². The van der Waals surface area contributed by atoms with Crippen LogP contribution in [-0.4, -0.2) is 32.1 Å². The van der Waals surface area contributed by atoms with Gasteiger partial charge in [-0.1, -0.05) is 0 Å². The lowest BCUT2D eigenvalue weighted by molar-refractivity contribution is 0.313. The van der Waals surface area contributed by atoms with Gasteiger partial charge in [0, 0.05) is 19.0 Å². The monoisotopic (exact) mass is 187 g/mol. The second-order valence-electron chi connectivity index (χ2n) is 3.10. The summed E-state index contributed by atoms with van der Waals surface area (Å²) in [7, 11) is -2.99. The Labute approximate surface area is 73.8 Å². The molecule has 4 heteroatoms. The first kappa shape index (κ1) is 9.56. The Morgan fingerprint density at radius 3 is 2.25 bits per heavy atom. The van der Waals surface area contributed by atoms with Gasteiger partial charge in [0.1, 0.15) is 0 Å². The van der Waals surface area contributed by atoms with E-state index in [2.05, 4.69) is 5.92 Å². The fourth-order valence-corrected chi connectivity index (χ4v) is 2.23. The maximum Gasteiger partial charge on any atom is 0.211 e. The third kappa shape index (κ3) is 2.23. The van der Waals surface area contributed by atoms with E-state index in [1.54, 1.807) is 0 Å². The SMILES string of the molecule is C#CC1CCN(S(C)(=O)=O)CC1. The number of nitrogens with zero attached hydrogens (tertiary/aromatic N) is 1. The van der Waals surface area contributed by atoms with Crippen molar-refractivity contribution < 1.29 is 8.42 Å². The van der Waals surface area contributed by atoms with Gasteiger partial charge in [-0.3, -0.25) is 0 Å². The zero-order chi connectivity index (χ0) is 9.19. The van der Waals surface area contributed by atoms with Gasteiger partial charge in [0.05, 0.1) is 6.26 Å². The van der Waals surface area contributed by atoms with E-state index < -0.39 is 10.0 Å². The molecule has 1 rings (SSSR count). The molecule has 0 atom stereocenters. The smallest absolute Gasteiger partial charge is 0.211 e. The number of hydrogen-bond donors (Lipinski definition) is 0. The first-order chi connectivity index (χ1) is 5.54. The molecule has 0 aromatic rings. The van der Waals surface area contributed by atoms with Crippen LogP contribution in [0.2, 0.25) is 0 Å². The molecule has 1 heterocycles. The van der Waals surface area contributed by atoms with E-state index in [4.69, 9.17) is 6.42 Å². The van der Waals surface area contributed by atoms with Crippen molar-refractivity contribution in [3.8, 4) is 12.3 Å². The summed E-state index contributed by atoms with van der Waals surface area (Å²) in [6.45, 7) is 1.15. The molecule has 1 aliphatic rings. The molecule has 1 fully saturated rings. The topological polar surface area (TPSA) is 37.4 Å². The summed E-state index contributed by atoms with van der Waals surface area (Å²) in [5.41, 5.74) is 0. The van der Waals surface area contributed by atoms with Gasteiger partial charge in [-0.15, -0.1) is 12.3 Å². The molecular formula is C8H13NO2S. The first-order valence-electron chi connectivity index (χ1n) is 3.95. The third-order valence-corrected chi connectivity index (χ3v) is 3.46. The molecule has 0 spiro atoms. The van der Waals surface area contributed by atoms with Crippen molar-refractivity contribution in [3.63, 3.8) is 0 Å². The number of rotatable bonds is 1. The van der Waals surface area contributed by atoms with Crippen molar-refractivity contribution >= 4 is 10.0 Å². The second kappa shape index (κ2) is 3.46. The highest BCUT2D eigenvalue weighted by Crippen LogP contribution is 2.17. The molecule has 0 unspecified atom stereocenters. The van der Waals surface area contributed by atoms with Crippen LogP contribution in [-0.2, 0) is 10.0 Å². The van der Waals surface area contributed by atoms with Crippen LogP contribution >= 0.6 is 0 Å². The van der Waals surface area contributed by atoms with Crippen LogP contribution in [0.5, 0.6) is 0 Å². The zero-order valence-electron chi connectivity index (χ0n) is 7.16. The number of piperidine rings is 1. The van der Waals surface area contributed by atoms with E-state index >= 15 is 0 Å². The lowest BCUT2D eigenvalue weighted by Crippen LogP contribution is -2.37. The lowest BCUT2D eigenvalue weighted by Gasteiger charge is -2.27. The standard InChI is InChI=1S/C8H13NO2S/c1-3-8-4-6-9(7-5-8)12(2,10)11/h1,8H,4-7H2,2H3. The number of sulfonamides is 1. The molecule has 0 aliphatic carbocycles. The molecule has 3 nitrogen and oxygen atoms in total. The Morgan fingerprint density at radius 1 is 1.42 bits per heavy atom. The van der Waals surface area contributed by atoms with Gasteiger partial charge in [-0.05, 0) is 12.8 Å². The van der Waals surface area contributed by atoms with Crippen LogP contribution < -0.4 is 0 Å². The summed E-state index contributed by atoms with van der Waals surface area (Å²) in [5.74, 6) is 2.92. The molecule has 0 aromatic carbocycles. The van der Waals surface area contributed by atoms with E-state index in [1.807, 2.05) is 0 Å². The fourth-order valence-electron chi connectivity index (χ4n) is 1.35. The van der Waals surface area contributed by atoms with Crippen LogP contribution in [0, 0.1) is 18.3 Å². The minimum Gasteiger partial charge on any atom is -0.213 e. The third-order valence-electron chi connectivity index (χ3n) is 2.16. The Morgan fingerprint density at radius 2 is 1.92 bits per heavy atom. The van der Waals surface area contributed by atoms with E-state index in [1.165, 1.54) is 10.6 Å². The predicted octanol–water partition coefficient (Wildman–Crippen LogP) is 0.291. The second-order valence-corrected chi connectivity index (χ2v) is 5.09. The Balaban J connectivity index is 2.54. The summed E-state index contributed by atoms with van der Waals surface area (Å²) in [6, 6.07) is 0. The molecule has 0 N–H and O–H groups in total. The Kier molecular flexibility index (Phi) is 2.76. The van der Waals surface area contributed by atoms with E-state index in [0.29, 0.717) is 13.1 Å². The van der Waals surface area contributed by atoms with Crippen LogP contribution in [0.15, 0.2) is 0 Å². The van der Waals surface area contributed by atoms with Crippen molar-refractivity contribution in [1.82, 2.24) is 4.31 Å². The van der Waals surface area contributed by atoms with Crippen molar-refractivity contribution in [1.29, 1.82) is 0 Å². The molecule has 0 aromatic heterocycles. The van der Waals surface area contributed by atoms with E-state index in [0.717, 1.165) is 12.8 Å². The maximum absolute atomic E-state index is 11.1. The zero-order valence-corrected chi connectivity index (χ0v) is 7.97. The average Bonchev–Trinajstić information content (AvgIpc) is 2.03. The molecular weight excluding hydrogens is 174 g/mol. The highest BCUT2D eigenvalue weighted by atomic mass is 32.2. The Hall–Kier alpha value is -0.530. The van der Waals surface area contributed by atoms with Gasteiger partial charge >= 0.3 is 0 Å². The average molecular weight is 187 g/mol. The van der Waals surface area contributed by atoms with Crippen molar-refractivity contribution in [3.05, 3.63) is 0 Å². The van der Waals surface area contributed by atoms with Gasteiger partial charge < -0.3 is 0 Å². The molecule has 1 aliphatic heterocycles. The summed E-state index contributed by atoms with van der Waals surface area (Å²) in [4.78, 5) is 0. The minimum atomic E-state index is -2.99. The molecule has 0 saturated carbocycles. The quantitative estimate of drug-likeness (QED) is 0.553. The molecule has 68 valence electrons. The highest BCUT2D eigenvalue weighted by molar-refractivity contribution is 7.88. The molecule has 0 radical (unpaired) electrons. The molecule has 12 heavy (non-hydrogen) atoms. The summed E-state index contributed by atoms with van der Waals surface area (Å²) >= 11 is 0. The van der Waals surface area contributed by atoms with Crippen molar-refractivity contribution in [2.75, 3.05) is 19.3 Å². The summed E-state index contributed by atoms with van der Waals surface area (Å²) in [5, 5.41) is 0. The molecule has 0 amide bonds. The first-order valence-corrected chi connectivity index (χ1v) is 5.80. The van der Waals surface area contributed by atoms with E-state index in [-0.39, 0.29) is 5.92 Å². The fraction of sp³-hybridized carbons (Fsp3) is 0.750. The molecule has 0 bridgehead atoms. The van der Waals surface area contributed by atoms with Crippen molar-refractivity contribution in [2.45, 2.75) is 12.8 Å². The summed E-state index contributed by atoms with van der Waals surface area (Å²) in [6.07, 6.45) is 8.07. The van der Waals surface area contributed by atoms with Gasteiger partial charge in [0.2, 0.25) is 10.0 Å². The van der Waals surface area contributed by atoms with Gasteiger partial charge in [-0.25, -0.2) is 12.7 Å². The number of terminal acetylenes is 1. The maximum atomic E-state index is 11.1. The lowest BCUT2D eigenvalue weighted by atomic mass is 10.00. The predicted molar refractivity (Wildman–Crippen MR) is 48.0 cm³/mol. The van der Waals surface area contributed by atoms with Crippen LogP contribution in [0.25, 0.3) is 0 Å². The van der Waals surface area contributed by atoms with Gasteiger partial charge in [0.25, 0.3) is 0 Å². The normalized spacial score (nSPS) is 22.0. The minimum absolute atomic E-state index is 0.267. The van der Waals surface area contributed by atoms with Gasteiger partial charge in [0.15, 0.2) is 0 Å². The Bertz CT molecular complexity index is 281. The highest BCUT2D eigenvalue weighted by Gasteiger charge is 2.23. The molecule has 1 saturated heterocycles. The number of hydrogen-bond acceptors (Lipinski definition) is 2.